The number of nitrogens with one attached hydrogen (secondary N) is 1. The Balaban J connectivity index is 2.10. The summed E-state index contributed by atoms with van der Waals surface area (Å²) >= 11 is 7.23. The Bertz CT molecular complexity index is 518. The highest BCUT2D eigenvalue weighted by Gasteiger charge is 2.09. The lowest BCUT2D eigenvalue weighted by Gasteiger charge is -2.05. The van der Waals surface area contributed by atoms with Gasteiger partial charge in [-0.25, -0.2) is 0 Å². The van der Waals surface area contributed by atoms with Gasteiger partial charge in [-0.1, -0.05) is 12.1 Å². The van der Waals surface area contributed by atoms with Crippen molar-refractivity contribution in [3.63, 3.8) is 0 Å². The number of alkyl halides is 1. The first-order valence-electron chi connectivity index (χ1n) is 5.20. The molecule has 1 N–H and O–H groups in total. The molecule has 0 fully saturated rings. The molecule has 1 heterocycles. The van der Waals surface area contributed by atoms with Crippen LogP contribution in [0.4, 0.5) is 5.69 Å². The predicted octanol–water partition coefficient (Wildman–Crippen LogP) is 4.05. The lowest BCUT2D eigenvalue weighted by molar-refractivity contribution is 0.102. The predicted molar refractivity (Wildman–Crippen MR) is 73.0 cm³/mol. The van der Waals surface area contributed by atoms with Gasteiger partial charge >= 0.3 is 0 Å². The number of anilines is 1. The lowest BCUT2D eigenvalue weighted by atomic mass is 10.2. The molecule has 0 atom stereocenters. The number of rotatable bonds is 3. The second kappa shape index (κ2) is 5.34. The highest BCUT2D eigenvalue weighted by molar-refractivity contribution is 7.08. The van der Waals surface area contributed by atoms with E-state index in [1.54, 1.807) is 0 Å². The number of benzene rings is 1. The van der Waals surface area contributed by atoms with Gasteiger partial charge in [-0.3, -0.25) is 4.79 Å². The summed E-state index contributed by atoms with van der Waals surface area (Å²) in [6, 6.07) is 7.53. The summed E-state index contributed by atoms with van der Waals surface area (Å²) in [6.45, 7) is 1.93. The third-order valence-corrected chi connectivity index (χ3v) is 3.64. The van der Waals surface area contributed by atoms with E-state index in [1.165, 1.54) is 11.3 Å². The zero-order valence-corrected chi connectivity index (χ0v) is 10.9. The van der Waals surface area contributed by atoms with E-state index in [9.17, 15) is 4.79 Å². The molecule has 0 saturated heterocycles. The molecule has 88 valence electrons. The van der Waals surface area contributed by atoms with E-state index < -0.39 is 0 Å². The van der Waals surface area contributed by atoms with Crippen molar-refractivity contribution in [2.75, 3.05) is 5.32 Å². The minimum Gasteiger partial charge on any atom is -0.322 e. The van der Waals surface area contributed by atoms with Crippen molar-refractivity contribution in [2.45, 2.75) is 12.8 Å². The second-order valence-electron chi connectivity index (χ2n) is 3.75. The molecular weight excluding hydrogens is 254 g/mol. The highest BCUT2D eigenvalue weighted by Crippen LogP contribution is 2.17. The van der Waals surface area contributed by atoms with Gasteiger partial charge in [0.15, 0.2) is 0 Å². The van der Waals surface area contributed by atoms with Gasteiger partial charge in [-0.2, -0.15) is 11.3 Å². The SMILES string of the molecule is Cc1cscc1C(=O)Nc1ccc(CCl)cc1. The Morgan fingerprint density at radius 1 is 1.29 bits per heavy atom. The van der Waals surface area contributed by atoms with Crippen molar-refractivity contribution in [3.05, 3.63) is 51.7 Å². The summed E-state index contributed by atoms with van der Waals surface area (Å²) < 4.78 is 0. The van der Waals surface area contributed by atoms with Crippen molar-refractivity contribution in [1.82, 2.24) is 0 Å². The topological polar surface area (TPSA) is 29.1 Å². The summed E-state index contributed by atoms with van der Waals surface area (Å²) in [5, 5.41) is 6.68. The third kappa shape index (κ3) is 2.87. The Morgan fingerprint density at radius 3 is 2.53 bits per heavy atom. The summed E-state index contributed by atoms with van der Waals surface area (Å²) in [4.78, 5) is 11.9. The smallest absolute Gasteiger partial charge is 0.256 e. The maximum atomic E-state index is 11.9. The van der Waals surface area contributed by atoms with E-state index in [1.807, 2.05) is 41.9 Å². The molecule has 0 spiro atoms. The molecule has 0 aliphatic carbocycles. The number of halogens is 1. The van der Waals surface area contributed by atoms with E-state index in [2.05, 4.69) is 5.32 Å². The molecule has 0 aliphatic heterocycles. The van der Waals surface area contributed by atoms with Gasteiger partial charge in [-0.15, -0.1) is 11.6 Å². The summed E-state index contributed by atoms with van der Waals surface area (Å²) in [6.07, 6.45) is 0. The van der Waals surface area contributed by atoms with Gasteiger partial charge in [0.25, 0.3) is 5.91 Å². The van der Waals surface area contributed by atoms with E-state index in [0.29, 0.717) is 5.88 Å². The van der Waals surface area contributed by atoms with Crippen LogP contribution < -0.4 is 5.32 Å². The number of hydrogen-bond acceptors (Lipinski definition) is 2. The largest absolute Gasteiger partial charge is 0.322 e. The second-order valence-corrected chi connectivity index (χ2v) is 4.76. The number of aryl methyl sites for hydroxylation is 1. The van der Waals surface area contributed by atoms with Crippen LogP contribution in [0.5, 0.6) is 0 Å². The molecule has 0 bridgehead atoms. The lowest BCUT2D eigenvalue weighted by Crippen LogP contribution is -2.11. The quantitative estimate of drug-likeness (QED) is 0.834. The molecule has 1 amide bonds. The Hall–Kier alpha value is -1.32. The van der Waals surface area contributed by atoms with Crippen LogP contribution in [0.3, 0.4) is 0 Å². The van der Waals surface area contributed by atoms with Crippen molar-refractivity contribution in [3.8, 4) is 0 Å². The molecule has 0 radical (unpaired) electrons. The number of carbonyl (C=O) groups is 1. The van der Waals surface area contributed by atoms with Crippen LogP contribution in [0.1, 0.15) is 21.5 Å². The first-order valence-corrected chi connectivity index (χ1v) is 6.67. The summed E-state index contributed by atoms with van der Waals surface area (Å²) in [5.74, 6) is 0.417. The van der Waals surface area contributed by atoms with Crippen LogP contribution in [0.25, 0.3) is 0 Å². The van der Waals surface area contributed by atoms with Crippen molar-refractivity contribution < 1.29 is 4.79 Å². The van der Waals surface area contributed by atoms with Gasteiger partial charge in [0.2, 0.25) is 0 Å². The Morgan fingerprint density at radius 2 is 2.00 bits per heavy atom. The Labute approximate surface area is 109 Å². The van der Waals surface area contributed by atoms with Crippen LogP contribution in [-0.2, 0) is 5.88 Å². The molecule has 4 heteroatoms. The normalized spacial score (nSPS) is 10.2. The molecule has 2 aromatic rings. The minimum absolute atomic E-state index is 0.0672. The average molecular weight is 266 g/mol. The Kier molecular flexibility index (Phi) is 3.82. The molecular formula is C13H12ClNOS. The molecule has 17 heavy (non-hydrogen) atoms. The van der Waals surface area contributed by atoms with E-state index in [-0.39, 0.29) is 5.91 Å². The number of amides is 1. The molecule has 0 aliphatic rings. The van der Waals surface area contributed by atoms with Crippen LogP contribution in [0.2, 0.25) is 0 Å². The third-order valence-electron chi connectivity index (χ3n) is 2.47. The van der Waals surface area contributed by atoms with E-state index >= 15 is 0 Å². The van der Waals surface area contributed by atoms with Crippen LogP contribution >= 0.6 is 22.9 Å². The molecule has 1 aromatic heterocycles. The van der Waals surface area contributed by atoms with Crippen LogP contribution in [0, 0.1) is 6.92 Å². The van der Waals surface area contributed by atoms with Crippen molar-refractivity contribution in [2.24, 2.45) is 0 Å². The fourth-order valence-electron chi connectivity index (χ4n) is 1.47. The minimum atomic E-state index is -0.0672. The maximum Gasteiger partial charge on any atom is 0.256 e. The number of hydrogen-bond donors (Lipinski definition) is 1. The zero-order valence-electron chi connectivity index (χ0n) is 9.37. The number of carbonyl (C=O) groups excluding carboxylic acids is 1. The van der Waals surface area contributed by atoms with Gasteiger partial charge < -0.3 is 5.32 Å². The first kappa shape index (κ1) is 12.1. The van der Waals surface area contributed by atoms with E-state index in [0.717, 1.165) is 22.4 Å². The fourth-order valence-corrected chi connectivity index (χ4v) is 2.48. The first-order chi connectivity index (χ1) is 8.20. The number of thiophene rings is 1. The highest BCUT2D eigenvalue weighted by atomic mass is 35.5. The average Bonchev–Trinajstić information content (AvgIpc) is 2.76. The van der Waals surface area contributed by atoms with Gasteiger partial charge in [0.05, 0.1) is 5.56 Å². The standard InChI is InChI=1S/C13H12ClNOS/c1-9-7-17-8-12(9)13(16)15-11-4-2-10(6-14)3-5-11/h2-5,7-8H,6H2,1H3,(H,15,16). The molecule has 0 unspecified atom stereocenters. The van der Waals surface area contributed by atoms with Gasteiger partial charge in [-0.05, 0) is 35.6 Å². The van der Waals surface area contributed by atoms with E-state index in [4.69, 9.17) is 11.6 Å². The molecule has 2 rings (SSSR count). The zero-order chi connectivity index (χ0) is 12.3. The van der Waals surface area contributed by atoms with Gasteiger partial charge in [0.1, 0.15) is 0 Å². The van der Waals surface area contributed by atoms with Crippen molar-refractivity contribution >= 4 is 34.5 Å². The van der Waals surface area contributed by atoms with Crippen LogP contribution in [0.15, 0.2) is 35.0 Å². The summed E-state index contributed by atoms with van der Waals surface area (Å²) in [7, 11) is 0. The monoisotopic (exact) mass is 265 g/mol. The van der Waals surface area contributed by atoms with Gasteiger partial charge in [0, 0.05) is 16.9 Å². The molecule has 0 saturated carbocycles. The summed E-state index contributed by atoms with van der Waals surface area (Å²) in [5.41, 5.74) is 3.56. The molecule has 1 aromatic carbocycles. The fraction of sp³-hybridized carbons (Fsp3) is 0.154. The molecule has 2 nitrogen and oxygen atoms in total. The van der Waals surface area contributed by atoms with Crippen LogP contribution in [-0.4, -0.2) is 5.91 Å². The van der Waals surface area contributed by atoms with Crippen molar-refractivity contribution in [1.29, 1.82) is 0 Å². The maximum absolute atomic E-state index is 11.9.